The molecule has 0 aliphatic rings. The van der Waals surface area contributed by atoms with Crippen molar-refractivity contribution in [2.24, 2.45) is 10.8 Å². The van der Waals surface area contributed by atoms with Crippen LogP contribution in [0.1, 0.15) is 11.1 Å². The fourth-order valence-corrected chi connectivity index (χ4v) is 2.62. The second-order valence-corrected chi connectivity index (χ2v) is 6.20. The molecule has 2 rings (SSSR count). The molecule has 7 nitrogen and oxygen atoms in total. The van der Waals surface area contributed by atoms with E-state index < -0.39 is 16.1 Å². The number of benzene rings is 2. The molecular formula is C15H15N3O4S. The van der Waals surface area contributed by atoms with Crippen LogP contribution in [0.15, 0.2) is 58.5 Å². The number of nitrogens with two attached hydrogens (primary N) is 1. The van der Waals surface area contributed by atoms with Crippen LogP contribution in [-0.4, -0.2) is 20.7 Å². The third-order valence-corrected chi connectivity index (χ3v) is 4.02. The van der Waals surface area contributed by atoms with Gasteiger partial charge in [0, 0.05) is 0 Å². The first-order valence-electron chi connectivity index (χ1n) is 6.56. The Balaban J connectivity index is 2.18. The maximum absolute atomic E-state index is 12.2. The monoisotopic (exact) mass is 333 g/mol. The molecule has 0 saturated carbocycles. The minimum Gasteiger partial charge on any atom is -0.379 e. The summed E-state index contributed by atoms with van der Waals surface area (Å²) in [7, 11) is -3.92. The van der Waals surface area contributed by atoms with Gasteiger partial charge in [-0.05, 0) is 36.8 Å². The Kier molecular flexibility index (Phi) is 4.97. The van der Waals surface area contributed by atoms with Gasteiger partial charge in [-0.1, -0.05) is 29.8 Å². The van der Waals surface area contributed by atoms with E-state index in [-0.39, 0.29) is 10.6 Å². The van der Waals surface area contributed by atoms with Gasteiger partial charge in [-0.3, -0.25) is 0 Å². The van der Waals surface area contributed by atoms with Crippen LogP contribution in [0.2, 0.25) is 0 Å². The Labute approximate surface area is 133 Å². The largest absolute Gasteiger partial charge is 0.379 e. The highest BCUT2D eigenvalue weighted by molar-refractivity contribution is 7.87. The molecule has 2 amide bonds. The molecule has 0 aliphatic carbocycles. The van der Waals surface area contributed by atoms with E-state index in [1.165, 1.54) is 30.5 Å². The minimum atomic E-state index is -3.92. The first kappa shape index (κ1) is 16.5. The van der Waals surface area contributed by atoms with Crippen molar-refractivity contribution in [1.82, 2.24) is 5.43 Å². The van der Waals surface area contributed by atoms with Crippen molar-refractivity contribution in [3.63, 3.8) is 0 Å². The lowest BCUT2D eigenvalue weighted by Crippen LogP contribution is -2.24. The Morgan fingerprint density at radius 1 is 1.22 bits per heavy atom. The number of rotatable bonds is 5. The van der Waals surface area contributed by atoms with Crippen LogP contribution < -0.4 is 15.3 Å². The number of carbonyl (C=O) groups is 1. The molecular weight excluding hydrogens is 318 g/mol. The number of nitrogens with one attached hydrogen (secondary N) is 1. The molecule has 23 heavy (non-hydrogen) atoms. The second-order valence-electron chi connectivity index (χ2n) is 4.66. The summed E-state index contributed by atoms with van der Waals surface area (Å²) >= 11 is 0. The van der Waals surface area contributed by atoms with Gasteiger partial charge in [0.1, 0.15) is 10.6 Å². The van der Waals surface area contributed by atoms with E-state index in [4.69, 9.17) is 9.92 Å². The summed E-state index contributed by atoms with van der Waals surface area (Å²) in [6.45, 7) is 1.86. The van der Waals surface area contributed by atoms with Crippen molar-refractivity contribution in [3.05, 3.63) is 59.7 Å². The zero-order chi connectivity index (χ0) is 16.9. The quantitative estimate of drug-likeness (QED) is 0.493. The molecule has 0 aromatic heterocycles. The Hall–Kier alpha value is -2.87. The van der Waals surface area contributed by atoms with E-state index >= 15 is 0 Å². The molecule has 0 spiro atoms. The van der Waals surface area contributed by atoms with E-state index in [9.17, 15) is 13.2 Å². The maximum Gasteiger partial charge on any atom is 0.339 e. The van der Waals surface area contributed by atoms with Gasteiger partial charge in [0.05, 0.1) is 6.21 Å². The number of hydrazone groups is 1. The normalized spacial score (nSPS) is 11.3. The molecule has 0 aliphatic heterocycles. The number of hydrogen-bond donors (Lipinski definition) is 2. The fourth-order valence-electron chi connectivity index (χ4n) is 1.70. The predicted molar refractivity (Wildman–Crippen MR) is 85.7 cm³/mol. The van der Waals surface area contributed by atoms with Crippen molar-refractivity contribution in [1.29, 1.82) is 0 Å². The van der Waals surface area contributed by atoms with Gasteiger partial charge in [-0.15, -0.1) is 0 Å². The van der Waals surface area contributed by atoms with Crippen molar-refractivity contribution in [2.45, 2.75) is 11.8 Å². The smallest absolute Gasteiger partial charge is 0.339 e. The summed E-state index contributed by atoms with van der Waals surface area (Å²) in [4.78, 5) is 10.6. The Morgan fingerprint density at radius 3 is 2.57 bits per heavy atom. The molecule has 0 saturated heterocycles. The van der Waals surface area contributed by atoms with Crippen LogP contribution in [-0.2, 0) is 10.1 Å². The topological polar surface area (TPSA) is 111 Å². The van der Waals surface area contributed by atoms with Gasteiger partial charge in [-0.25, -0.2) is 10.2 Å². The average molecular weight is 333 g/mol. The van der Waals surface area contributed by atoms with Crippen LogP contribution >= 0.6 is 0 Å². The molecule has 2 aromatic rings. The summed E-state index contributed by atoms with van der Waals surface area (Å²) in [5, 5.41) is 3.59. The Morgan fingerprint density at radius 2 is 1.91 bits per heavy atom. The number of amides is 2. The number of hydrogen-bond acceptors (Lipinski definition) is 5. The molecule has 3 N–H and O–H groups in total. The highest BCUT2D eigenvalue weighted by atomic mass is 32.2. The summed E-state index contributed by atoms with van der Waals surface area (Å²) in [5.41, 5.74) is 8.40. The number of carbonyl (C=O) groups excluding carboxylic acids is 1. The first-order chi connectivity index (χ1) is 10.9. The van der Waals surface area contributed by atoms with Crippen LogP contribution in [0.4, 0.5) is 4.79 Å². The van der Waals surface area contributed by atoms with E-state index in [0.717, 1.165) is 5.56 Å². The molecule has 0 heterocycles. The molecule has 2 aromatic carbocycles. The first-order valence-corrected chi connectivity index (χ1v) is 7.97. The maximum atomic E-state index is 12.2. The van der Waals surface area contributed by atoms with Crippen LogP contribution in [0.5, 0.6) is 5.75 Å². The van der Waals surface area contributed by atoms with Crippen molar-refractivity contribution >= 4 is 22.4 Å². The number of urea groups is 1. The summed E-state index contributed by atoms with van der Waals surface area (Å²) in [6, 6.07) is 11.8. The molecule has 0 atom stereocenters. The van der Waals surface area contributed by atoms with E-state index in [1.807, 2.05) is 12.3 Å². The van der Waals surface area contributed by atoms with E-state index in [0.29, 0.717) is 5.56 Å². The summed E-state index contributed by atoms with van der Waals surface area (Å²) in [6.07, 6.45) is 1.32. The molecule has 0 radical (unpaired) electrons. The number of aryl methyl sites for hydroxylation is 1. The lowest BCUT2D eigenvalue weighted by atomic mass is 10.2. The SMILES string of the molecule is Cc1ccc(S(=O)(=O)Oc2cccc(C=NNC(N)=O)c2)cc1. The number of primary amides is 1. The van der Waals surface area contributed by atoms with Crippen molar-refractivity contribution in [2.75, 3.05) is 0 Å². The van der Waals surface area contributed by atoms with Gasteiger partial charge in [0.25, 0.3) is 0 Å². The van der Waals surface area contributed by atoms with E-state index in [2.05, 4.69) is 5.10 Å². The molecule has 0 fully saturated rings. The van der Waals surface area contributed by atoms with Crippen molar-refractivity contribution in [3.8, 4) is 5.75 Å². The molecule has 0 bridgehead atoms. The van der Waals surface area contributed by atoms with Gasteiger partial charge in [-0.2, -0.15) is 13.5 Å². The zero-order valence-electron chi connectivity index (χ0n) is 12.3. The average Bonchev–Trinajstić information content (AvgIpc) is 2.47. The molecule has 0 unspecified atom stereocenters. The Bertz CT molecular complexity index is 830. The summed E-state index contributed by atoms with van der Waals surface area (Å²) < 4.78 is 29.5. The van der Waals surface area contributed by atoms with Gasteiger partial charge >= 0.3 is 16.1 Å². The second kappa shape index (κ2) is 6.93. The van der Waals surface area contributed by atoms with Crippen molar-refractivity contribution < 1.29 is 17.4 Å². The van der Waals surface area contributed by atoms with E-state index in [1.54, 1.807) is 24.3 Å². The van der Waals surface area contributed by atoms with Crippen LogP contribution in [0, 0.1) is 6.92 Å². The highest BCUT2D eigenvalue weighted by Crippen LogP contribution is 2.19. The fraction of sp³-hybridized carbons (Fsp3) is 0.0667. The number of nitrogens with zero attached hydrogens (tertiary/aromatic N) is 1. The minimum absolute atomic E-state index is 0.0672. The van der Waals surface area contributed by atoms with Crippen LogP contribution in [0.25, 0.3) is 0 Å². The standard InChI is InChI=1S/C15H15N3O4S/c1-11-5-7-14(8-6-11)23(20,21)22-13-4-2-3-12(9-13)10-17-18-15(16)19/h2-10H,1H3,(H3,16,18,19). The third kappa shape index (κ3) is 4.82. The zero-order valence-corrected chi connectivity index (χ0v) is 13.1. The van der Waals surface area contributed by atoms with Gasteiger partial charge < -0.3 is 9.92 Å². The highest BCUT2D eigenvalue weighted by Gasteiger charge is 2.16. The van der Waals surface area contributed by atoms with Gasteiger partial charge in [0.2, 0.25) is 0 Å². The van der Waals surface area contributed by atoms with Gasteiger partial charge in [0.15, 0.2) is 0 Å². The summed E-state index contributed by atoms with van der Waals surface area (Å²) in [5.74, 6) is 0.133. The lowest BCUT2D eigenvalue weighted by molar-refractivity contribution is 0.249. The third-order valence-electron chi connectivity index (χ3n) is 2.76. The lowest BCUT2D eigenvalue weighted by Gasteiger charge is -2.07. The predicted octanol–water partition coefficient (Wildman–Crippen LogP) is 1.76. The van der Waals surface area contributed by atoms with Crippen LogP contribution in [0.3, 0.4) is 0 Å². The molecule has 120 valence electrons. The molecule has 8 heteroatoms.